The van der Waals surface area contributed by atoms with Gasteiger partial charge in [0.25, 0.3) is 0 Å². The van der Waals surface area contributed by atoms with E-state index in [4.69, 9.17) is 10.5 Å². The highest BCUT2D eigenvalue weighted by atomic mass is 16.5. The average molecular weight is 223 g/mol. The molecule has 0 aromatic carbocycles. The van der Waals surface area contributed by atoms with Gasteiger partial charge in [0, 0.05) is 6.61 Å². The summed E-state index contributed by atoms with van der Waals surface area (Å²) in [6.45, 7) is 4.00. The van der Waals surface area contributed by atoms with E-state index in [0.29, 0.717) is 0 Å². The summed E-state index contributed by atoms with van der Waals surface area (Å²) in [5.74, 6) is 0.749. The first-order chi connectivity index (χ1) is 7.76. The SMILES string of the molecule is CC(=CCCN)C1CCOC2(CCCC2)C1. The van der Waals surface area contributed by atoms with Crippen molar-refractivity contribution in [3.05, 3.63) is 11.6 Å². The Morgan fingerprint density at radius 3 is 2.88 bits per heavy atom. The van der Waals surface area contributed by atoms with E-state index in [-0.39, 0.29) is 5.60 Å². The standard InChI is InChI=1S/C14H25NO/c1-12(5-4-9-15)13-6-10-16-14(11-13)7-2-3-8-14/h5,13H,2-4,6-11,15H2,1H3. The molecule has 0 bridgehead atoms. The lowest BCUT2D eigenvalue weighted by Crippen LogP contribution is -2.37. The normalized spacial score (nSPS) is 29.9. The average Bonchev–Trinajstić information content (AvgIpc) is 2.74. The van der Waals surface area contributed by atoms with Gasteiger partial charge in [0.1, 0.15) is 0 Å². The molecule has 1 heterocycles. The Balaban J connectivity index is 1.95. The zero-order valence-corrected chi connectivity index (χ0v) is 10.5. The van der Waals surface area contributed by atoms with E-state index in [1.54, 1.807) is 5.57 Å². The van der Waals surface area contributed by atoms with Gasteiger partial charge in [-0.15, -0.1) is 0 Å². The Bertz CT molecular complexity index is 253. The van der Waals surface area contributed by atoms with Gasteiger partial charge >= 0.3 is 0 Å². The minimum atomic E-state index is 0.251. The molecule has 2 fully saturated rings. The van der Waals surface area contributed by atoms with E-state index >= 15 is 0 Å². The minimum absolute atomic E-state index is 0.251. The molecule has 1 saturated carbocycles. The lowest BCUT2D eigenvalue weighted by atomic mass is 9.81. The van der Waals surface area contributed by atoms with Gasteiger partial charge in [0.15, 0.2) is 0 Å². The van der Waals surface area contributed by atoms with E-state index in [1.165, 1.54) is 38.5 Å². The van der Waals surface area contributed by atoms with E-state index in [2.05, 4.69) is 13.0 Å². The minimum Gasteiger partial charge on any atom is -0.375 e. The van der Waals surface area contributed by atoms with Crippen molar-refractivity contribution in [1.82, 2.24) is 0 Å². The van der Waals surface area contributed by atoms with Gasteiger partial charge in [-0.1, -0.05) is 24.5 Å². The van der Waals surface area contributed by atoms with Crippen LogP contribution in [0.3, 0.4) is 0 Å². The van der Waals surface area contributed by atoms with Crippen LogP contribution in [0.25, 0.3) is 0 Å². The van der Waals surface area contributed by atoms with Crippen LogP contribution in [0.4, 0.5) is 0 Å². The van der Waals surface area contributed by atoms with E-state index in [9.17, 15) is 0 Å². The molecule has 2 heteroatoms. The molecule has 2 aliphatic rings. The summed E-state index contributed by atoms with van der Waals surface area (Å²) >= 11 is 0. The molecule has 1 spiro atoms. The van der Waals surface area contributed by atoms with Crippen LogP contribution < -0.4 is 5.73 Å². The Kier molecular flexibility index (Phi) is 4.04. The van der Waals surface area contributed by atoms with E-state index in [1.807, 2.05) is 0 Å². The molecule has 92 valence electrons. The van der Waals surface area contributed by atoms with Crippen molar-refractivity contribution in [2.24, 2.45) is 11.7 Å². The molecule has 1 aliphatic carbocycles. The maximum atomic E-state index is 6.06. The van der Waals surface area contributed by atoms with Crippen molar-refractivity contribution in [3.8, 4) is 0 Å². The van der Waals surface area contributed by atoms with Gasteiger partial charge in [0.05, 0.1) is 5.60 Å². The second kappa shape index (κ2) is 5.33. The fourth-order valence-electron chi connectivity index (χ4n) is 3.26. The van der Waals surface area contributed by atoms with Crippen molar-refractivity contribution in [2.45, 2.75) is 57.5 Å². The molecule has 2 N–H and O–H groups in total. The quantitative estimate of drug-likeness (QED) is 0.746. The first kappa shape index (κ1) is 12.1. The molecular formula is C14H25NO. The highest BCUT2D eigenvalue weighted by Crippen LogP contribution is 2.43. The Morgan fingerprint density at radius 1 is 1.44 bits per heavy atom. The Morgan fingerprint density at radius 2 is 2.19 bits per heavy atom. The second-order valence-electron chi connectivity index (χ2n) is 5.45. The van der Waals surface area contributed by atoms with Crippen LogP contribution in [0, 0.1) is 5.92 Å². The molecule has 0 aromatic heterocycles. The highest BCUT2D eigenvalue weighted by molar-refractivity contribution is 5.08. The summed E-state index contributed by atoms with van der Waals surface area (Å²) in [5, 5.41) is 0. The fraction of sp³-hybridized carbons (Fsp3) is 0.857. The number of hydrogen-bond acceptors (Lipinski definition) is 2. The molecular weight excluding hydrogens is 198 g/mol. The number of nitrogens with two attached hydrogens (primary N) is 1. The van der Waals surface area contributed by atoms with E-state index in [0.717, 1.165) is 25.5 Å². The third kappa shape index (κ3) is 2.67. The van der Waals surface area contributed by atoms with Crippen molar-refractivity contribution >= 4 is 0 Å². The zero-order valence-electron chi connectivity index (χ0n) is 10.5. The number of rotatable bonds is 3. The molecule has 1 saturated heterocycles. The molecule has 1 unspecified atom stereocenters. The van der Waals surface area contributed by atoms with Gasteiger partial charge in [0.2, 0.25) is 0 Å². The summed E-state index contributed by atoms with van der Waals surface area (Å²) < 4.78 is 6.06. The van der Waals surface area contributed by atoms with Crippen LogP contribution in [0.2, 0.25) is 0 Å². The number of allylic oxidation sites excluding steroid dienone is 1. The van der Waals surface area contributed by atoms with Gasteiger partial charge in [-0.2, -0.15) is 0 Å². The molecule has 0 radical (unpaired) electrons. The summed E-state index contributed by atoms with van der Waals surface area (Å²) in [6, 6.07) is 0. The van der Waals surface area contributed by atoms with Crippen LogP contribution in [-0.2, 0) is 4.74 Å². The number of ether oxygens (including phenoxy) is 1. The number of hydrogen-bond donors (Lipinski definition) is 1. The lowest BCUT2D eigenvalue weighted by molar-refractivity contribution is -0.0869. The van der Waals surface area contributed by atoms with Crippen LogP contribution in [0.1, 0.15) is 51.9 Å². The summed E-state index contributed by atoms with van der Waals surface area (Å²) in [6.07, 6.45) is 11.1. The Hall–Kier alpha value is -0.340. The van der Waals surface area contributed by atoms with Crippen molar-refractivity contribution in [2.75, 3.05) is 13.2 Å². The zero-order chi connectivity index (χ0) is 11.4. The highest BCUT2D eigenvalue weighted by Gasteiger charge is 2.39. The second-order valence-corrected chi connectivity index (χ2v) is 5.45. The summed E-state index contributed by atoms with van der Waals surface area (Å²) in [5.41, 5.74) is 7.35. The molecule has 0 aromatic rings. The van der Waals surface area contributed by atoms with E-state index < -0.39 is 0 Å². The van der Waals surface area contributed by atoms with Gasteiger partial charge in [-0.25, -0.2) is 0 Å². The monoisotopic (exact) mass is 223 g/mol. The summed E-state index contributed by atoms with van der Waals surface area (Å²) in [4.78, 5) is 0. The maximum Gasteiger partial charge on any atom is 0.0688 e. The van der Waals surface area contributed by atoms with Crippen molar-refractivity contribution in [3.63, 3.8) is 0 Å². The van der Waals surface area contributed by atoms with Gasteiger partial charge in [-0.05, 0) is 51.5 Å². The maximum absolute atomic E-state index is 6.06. The molecule has 0 amide bonds. The van der Waals surface area contributed by atoms with Crippen LogP contribution in [-0.4, -0.2) is 18.8 Å². The largest absolute Gasteiger partial charge is 0.375 e. The summed E-state index contributed by atoms with van der Waals surface area (Å²) in [7, 11) is 0. The molecule has 2 rings (SSSR count). The predicted octanol–water partition coefficient (Wildman–Crippen LogP) is 3.02. The third-order valence-corrected chi connectivity index (χ3v) is 4.28. The fourth-order valence-corrected chi connectivity index (χ4v) is 3.26. The molecule has 2 nitrogen and oxygen atoms in total. The molecule has 1 aliphatic heterocycles. The first-order valence-corrected chi connectivity index (χ1v) is 6.76. The molecule has 1 atom stereocenters. The lowest BCUT2D eigenvalue weighted by Gasteiger charge is -2.38. The van der Waals surface area contributed by atoms with Gasteiger partial charge in [-0.3, -0.25) is 0 Å². The van der Waals surface area contributed by atoms with Crippen LogP contribution in [0.5, 0.6) is 0 Å². The van der Waals surface area contributed by atoms with Crippen molar-refractivity contribution in [1.29, 1.82) is 0 Å². The first-order valence-electron chi connectivity index (χ1n) is 6.76. The van der Waals surface area contributed by atoms with Crippen LogP contribution >= 0.6 is 0 Å². The van der Waals surface area contributed by atoms with Crippen molar-refractivity contribution < 1.29 is 4.74 Å². The molecule has 16 heavy (non-hydrogen) atoms. The van der Waals surface area contributed by atoms with Gasteiger partial charge < -0.3 is 10.5 Å². The predicted molar refractivity (Wildman–Crippen MR) is 67.3 cm³/mol. The Labute approximate surface area is 99.2 Å². The van der Waals surface area contributed by atoms with Crippen LogP contribution in [0.15, 0.2) is 11.6 Å². The smallest absolute Gasteiger partial charge is 0.0688 e. The third-order valence-electron chi connectivity index (χ3n) is 4.28. The topological polar surface area (TPSA) is 35.2 Å².